The first-order valence-electron chi connectivity index (χ1n) is 5.95. The SMILES string of the molecule is Cc1cc(CNC(=O)c2ccc3[nH]c(=S)oc3c2)on1. The molecule has 0 spiro atoms. The minimum Gasteiger partial charge on any atom is -0.429 e. The lowest BCUT2D eigenvalue weighted by atomic mass is 10.2. The highest BCUT2D eigenvalue weighted by Gasteiger charge is 2.09. The normalized spacial score (nSPS) is 10.8. The number of H-pyrrole nitrogens is 1. The third-order valence-corrected chi connectivity index (χ3v) is 2.97. The Morgan fingerprint density at radius 3 is 3.05 bits per heavy atom. The van der Waals surface area contributed by atoms with Crippen LogP contribution in [0.5, 0.6) is 0 Å². The van der Waals surface area contributed by atoms with Crippen LogP contribution in [0.25, 0.3) is 11.1 Å². The number of hydrogen-bond acceptors (Lipinski definition) is 5. The minimum atomic E-state index is -0.219. The van der Waals surface area contributed by atoms with Gasteiger partial charge in [0.05, 0.1) is 17.8 Å². The van der Waals surface area contributed by atoms with Crippen molar-refractivity contribution >= 4 is 29.2 Å². The number of fused-ring (bicyclic) bond motifs is 1. The maximum atomic E-state index is 12.0. The van der Waals surface area contributed by atoms with E-state index in [9.17, 15) is 4.79 Å². The third-order valence-electron chi connectivity index (χ3n) is 2.78. The third kappa shape index (κ3) is 2.48. The van der Waals surface area contributed by atoms with Gasteiger partial charge in [-0.15, -0.1) is 0 Å². The summed E-state index contributed by atoms with van der Waals surface area (Å²) in [7, 11) is 0. The number of aromatic amines is 1. The summed E-state index contributed by atoms with van der Waals surface area (Å²) in [6.45, 7) is 2.11. The van der Waals surface area contributed by atoms with E-state index in [0.29, 0.717) is 16.9 Å². The molecule has 1 aromatic carbocycles. The van der Waals surface area contributed by atoms with Crippen molar-refractivity contribution in [3.63, 3.8) is 0 Å². The van der Waals surface area contributed by atoms with Crippen LogP contribution in [-0.4, -0.2) is 16.0 Å². The molecule has 0 aliphatic heterocycles. The average molecular weight is 289 g/mol. The molecule has 1 amide bonds. The molecule has 0 bridgehead atoms. The Morgan fingerprint density at radius 1 is 1.45 bits per heavy atom. The number of aromatic nitrogens is 2. The van der Waals surface area contributed by atoms with Gasteiger partial charge in [-0.2, -0.15) is 0 Å². The van der Waals surface area contributed by atoms with Gasteiger partial charge in [-0.1, -0.05) is 5.16 Å². The second kappa shape index (κ2) is 4.93. The number of benzene rings is 1. The Kier molecular flexibility index (Phi) is 3.11. The van der Waals surface area contributed by atoms with Gasteiger partial charge in [0.15, 0.2) is 11.3 Å². The largest absolute Gasteiger partial charge is 0.429 e. The Bertz CT molecular complexity index is 831. The Morgan fingerprint density at radius 2 is 2.30 bits per heavy atom. The van der Waals surface area contributed by atoms with Gasteiger partial charge < -0.3 is 19.2 Å². The van der Waals surface area contributed by atoms with E-state index in [4.69, 9.17) is 21.2 Å². The molecule has 0 fully saturated rings. The molecule has 6 nitrogen and oxygen atoms in total. The molecule has 2 aromatic heterocycles. The van der Waals surface area contributed by atoms with Crippen molar-refractivity contribution in [2.24, 2.45) is 0 Å². The van der Waals surface area contributed by atoms with Crippen LogP contribution in [0.2, 0.25) is 0 Å². The molecule has 0 saturated carbocycles. The van der Waals surface area contributed by atoms with Crippen molar-refractivity contribution in [3.05, 3.63) is 46.1 Å². The van der Waals surface area contributed by atoms with Gasteiger partial charge in [0, 0.05) is 11.6 Å². The molecule has 0 unspecified atom stereocenters. The fraction of sp³-hybridized carbons (Fsp3) is 0.154. The number of oxazole rings is 1. The van der Waals surface area contributed by atoms with E-state index in [1.165, 1.54) is 0 Å². The monoisotopic (exact) mass is 289 g/mol. The van der Waals surface area contributed by atoms with Crippen molar-refractivity contribution in [2.45, 2.75) is 13.5 Å². The predicted octanol–water partition coefficient (Wildman–Crippen LogP) is 2.72. The summed E-state index contributed by atoms with van der Waals surface area (Å²) in [5, 5.41) is 6.50. The fourth-order valence-electron chi connectivity index (χ4n) is 1.86. The van der Waals surface area contributed by atoms with Crippen molar-refractivity contribution in [1.29, 1.82) is 0 Å². The summed E-state index contributed by atoms with van der Waals surface area (Å²) >= 11 is 4.90. The summed E-state index contributed by atoms with van der Waals surface area (Å²) in [6, 6.07) is 6.86. The standard InChI is InChI=1S/C13H11N3O3S/c1-7-4-9(19-16-7)6-14-12(17)8-2-3-10-11(5-8)18-13(20)15-10/h2-5H,6H2,1H3,(H,14,17)(H,15,20). The van der Waals surface area contributed by atoms with Crippen LogP contribution in [0.4, 0.5) is 0 Å². The lowest BCUT2D eigenvalue weighted by Crippen LogP contribution is -2.22. The molecule has 2 heterocycles. The first-order chi connectivity index (χ1) is 9.61. The summed E-state index contributed by atoms with van der Waals surface area (Å²) in [5.74, 6) is 0.388. The van der Waals surface area contributed by atoms with Gasteiger partial charge in [0.2, 0.25) is 0 Å². The van der Waals surface area contributed by atoms with Gasteiger partial charge in [0.25, 0.3) is 10.7 Å². The molecule has 0 aliphatic carbocycles. The first kappa shape index (κ1) is 12.6. The highest BCUT2D eigenvalue weighted by molar-refractivity contribution is 7.71. The average Bonchev–Trinajstić information content (AvgIpc) is 2.99. The number of carbonyl (C=O) groups is 1. The molecule has 0 saturated heterocycles. The van der Waals surface area contributed by atoms with Gasteiger partial charge in [-0.25, -0.2) is 0 Å². The van der Waals surface area contributed by atoms with Gasteiger partial charge in [0.1, 0.15) is 0 Å². The zero-order valence-electron chi connectivity index (χ0n) is 10.6. The maximum absolute atomic E-state index is 12.0. The van der Waals surface area contributed by atoms with Crippen LogP contribution in [-0.2, 0) is 6.54 Å². The Hall–Kier alpha value is -2.41. The van der Waals surface area contributed by atoms with Crippen molar-refractivity contribution in [1.82, 2.24) is 15.5 Å². The zero-order valence-corrected chi connectivity index (χ0v) is 11.4. The van der Waals surface area contributed by atoms with Crippen LogP contribution >= 0.6 is 12.2 Å². The molecule has 7 heteroatoms. The van der Waals surface area contributed by atoms with Crippen molar-refractivity contribution < 1.29 is 13.7 Å². The van der Waals surface area contributed by atoms with Gasteiger partial charge in [-0.05, 0) is 37.3 Å². The van der Waals surface area contributed by atoms with E-state index in [1.807, 2.05) is 6.92 Å². The first-order valence-corrected chi connectivity index (χ1v) is 6.36. The Balaban J connectivity index is 1.76. The highest BCUT2D eigenvalue weighted by atomic mass is 32.1. The molecule has 20 heavy (non-hydrogen) atoms. The lowest BCUT2D eigenvalue weighted by Gasteiger charge is -2.02. The van der Waals surface area contributed by atoms with E-state index in [1.54, 1.807) is 24.3 Å². The molecule has 2 N–H and O–H groups in total. The van der Waals surface area contributed by atoms with Crippen molar-refractivity contribution in [2.75, 3.05) is 0 Å². The van der Waals surface area contributed by atoms with E-state index in [-0.39, 0.29) is 17.3 Å². The summed E-state index contributed by atoms with van der Waals surface area (Å²) in [4.78, 5) is 15.2. The van der Waals surface area contributed by atoms with Crippen LogP contribution in [0.15, 0.2) is 33.2 Å². The fourth-order valence-corrected chi connectivity index (χ4v) is 2.06. The van der Waals surface area contributed by atoms with Crippen molar-refractivity contribution in [3.8, 4) is 0 Å². The number of nitrogens with one attached hydrogen (secondary N) is 2. The molecule has 102 valence electrons. The molecular weight excluding hydrogens is 278 g/mol. The second-order valence-corrected chi connectivity index (χ2v) is 4.71. The summed E-state index contributed by atoms with van der Waals surface area (Å²) in [6.07, 6.45) is 0. The summed E-state index contributed by atoms with van der Waals surface area (Å²) < 4.78 is 10.3. The van der Waals surface area contributed by atoms with Crippen LogP contribution in [0.1, 0.15) is 21.8 Å². The molecule has 3 aromatic rings. The minimum absolute atomic E-state index is 0.219. The molecule has 0 aliphatic rings. The number of rotatable bonds is 3. The number of aryl methyl sites for hydroxylation is 1. The van der Waals surface area contributed by atoms with E-state index in [2.05, 4.69) is 15.5 Å². The second-order valence-electron chi connectivity index (χ2n) is 4.34. The number of amides is 1. The lowest BCUT2D eigenvalue weighted by molar-refractivity contribution is 0.0947. The maximum Gasteiger partial charge on any atom is 0.266 e. The highest BCUT2D eigenvalue weighted by Crippen LogP contribution is 2.15. The predicted molar refractivity (Wildman–Crippen MR) is 73.8 cm³/mol. The van der Waals surface area contributed by atoms with Crippen LogP contribution < -0.4 is 5.32 Å². The molecular formula is C13H11N3O3S. The smallest absolute Gasteiger partial charge is 0.266 e. The number of hydrogen-bond donors (Lipinski definition) is 2. The molecule has 0 radical (unpaired) electrons. The van der Waals surface area contributed by atoms with Gasteiger partial charge in [-0.3, -0.25) is 4.79 Å². The quantitative estimate of drug-likeness (QED) is 0.724. The van der Waals surface area contributed by atoms with E-state index in [0.717, 1.165) is 11.2 Å². The number of carbonyl (C=O) groups excluding carboxylic acids is 1. The topological polar surface area (TPSA) is 84.1 Å². The zero-order chi connectivity index (χ0) is 14.1. The summed E-state index contributed by atoms with van der Waals surface area (Å²) in [5.41, 5.74) is 2.59. The van der Waals surface area contributed by atoms with Crippen LogP contribution in [0.3, 0.4) is 0 Å². The van der Waals surface area contributed by atoms with Crippen LogP contribution in [0, 0.1) is 11.8 Å². The van der Waals surface area contributed by atoms with E-state index < -0.39 is 0 Å². The molecule has 3 rings (SSSR count). The van der Waals surface area contributed by atoms with Gasteiger partial charge >= 0.3 is 0 Å². The number of nitrogens with zero attached hydrogens (tertiary/aromatic N) is 1. The molecule has 0 atom stereocenters. The van der Waals surface area contributed by atoms with E-state index >= 15 is 0 Å². The Labute approximate surface area is 118 Å².